The fourth-order valence-electron chi connectivity index (χ4n) is 3.18. The van der Waals surface area contributed by atoms with Gasteiger partial charge in [0.15, 0.2) is 0 Å². The van der Waals surface area contributed by atoms with E-state index < -0.39 is 0 Å². The molecule has 0 aromatic heterocycles. The predicted octanol–water partition coefficient (Wildman–Crippen LogP) is 2.22. The van der Waals surface area contributed by atoms with Crippen molar-refractivity contribution in [2.75, 3.05) is 45.9 Å². The number of fused-ring (bicyclic) bond motifs is 1. The summed E-state index contributed by atoms with van der Waals surface area (Å²) in [6.07, 6.45) is -0.240. The summed E-state index contributed by atoms with van der Waals surface area (Å²) >= 11 is 0. The first-order chi connectivity index (χ1) is 11.2. The minimum absolute atomic E-state index is 0.240. The van der Waals surface area contributed by atoms with Crippen LogP contribution in [0, 0.1) is 0 Å². The van der Waals surface area contributed by atoms with Gasteiger partial charge in [0, 0.05) is 44.7 Å². The van der Waals surface area contributed by atoms with Gasteiger partial charge in [-0.2, -0.15) is 0 Å². The molecule has 124 valence electrons. The van der Waals surface area contributed by atoms with Gasteiger partial charge >= 0.3 is 0 Å². The number of hydrogen-bond acceptors (Lipinski definition) is 4. The van der Waals surface area contributed by atoms with Crippen LogP contribution >= 0.6 is 0 Å². The maximum absolute atomic E-state index is 9.45. The largest absolute Gasteiger partial charge is 0.492 e. The van der Waals surface area contributed by atoms with Gasteiger partial charge < -0.3 is 9.84 Å². The second-order valence-corrected chi connectivity index (χ2v) is 6.32. The Balaban J connectivity index is 1.47. The molecule has 0 aliphatic carbocycles. The van der Waals surface area contributed by atoms with Crippen molar-refractivity contribution in [3.8, 4) is 5.75 Å². The molecule has 2 aromatic carbocycles. The number of aliphatic hydroxyl groups excluding tert-OH is 1. The summed E-state index contributed by atoms with van der Waals surface area (Å²) < 4.78 is 6.02. The molecule has 1 aliphatic rings. The molecule has 2 aromatic rings. The standard InChI is InChI=1S/C19H26N2O2/c1-16(22)15-21-11-9-20(10-12-21)13-14-23-19-8-4-6-17-5-2-3-7-18(17)19/h2-8,16,22H,9-15H2,1H3. The Morgan fingerprint density at radius 1 is 1.00 bits per heavy atom. The minimum atomic E-state index is -0.240. The van der Waals surface area contributed by atoms with E-state index in [9.17, 15) is 5.11 Å². The highest BCUT2D eigenvalue weighted by Crippen LogP contribution is 2.25. The quantitative estimate of drug-likeness (QED) is 0.887. The molecule has 0 radical (unpaired) electrons. The molecule has 0 saturated carbocycles. The van der Waals surface area contributed by atoms with Gasteiger partial charge in [0.25, 0.3) is 0 Å². The van der Waals surface area contributed by atoms with Gasteiger partial charge in [-0.25, -0.2) is 0 Å². The molecule has 4 nitrogen and oxygen atoms in total. The lowest BCUT2D eigenvalue weighted by molar-refractivity contribution is 0.0751. The van der Waals surface area contributed by atoms with Gasteiger partial charge in [-0.15, -0.1) is 0 Å². The third-order valence-electron chi connectivity index (χ3n) is 4.40. The van der Waals surface area contributed by atoms with Crippen LogP contribution in [0.5, 0.6) is 5.75 Å². The number of aliphatic hydroxyl groups is 1. The van der Waals surface area contributed by atoms with Crippen LogP contribution in [-0.4, -0.2) is 66.9 Å². The van der Waals surface area contributed by atoms with Crippen LogP contribution in [0.25, 0.3) is 10.8 Å². The van der Waals surface area contributed by atoms with Crippen LogP contribution in [0.2, 0.25) is 0 Å². The van der Waals surface area contributed by atoms with Crippen molar-refractivity contribution in [2.45, 2.75) is 13.0 Å². The zero-order valence-corrected chi connectivity index (χ0v) is 13.8. The SMILES string of the molecule is CC(O)CN1CCN(CCOc2cccc3ccccc23)CC1. The average Bonchev–Trinajstić information content (AvgIpc) is 2.56. The zero-order valence-electron chi connectivity index (χ0n) is 13.8. The highest BCUT2D eigenvalue weighted by atomic mass is 16.5. The normalized spacial score (nSPS) is 18.2. The molecular weight excluding hydrogens is 288 g/mol. The molecule has 0 bridgehead atoms. The Hall–Kier alpha value is -1.62. The second-order valence-electron chi connectivity index (χ2n) is 6.32. The van der Waals surface area contributed by atoms with Crippen LogP contribution in [0.4, 0.5) is 0 Å². The maximum atomic E-state index is 9.45. The van der Waals surface area contributed by atoms with Crippen molar-refractivity contribution in [1.82, 2.24) is 9.80 Å². The van der Waals surface area contributed by atoms with Crippen LogP contribution in [0.1, 0.15) is 6.92 Å². The van der Waals surface area contributed by atoms with E-state index in [-0.39, 0.29) is 6.10 Å². The Morgan fingerprint density at radius 2 is 1.70 bits per heavy atom. The topological polar surface area (TPSA) is 35.9 Å². The van der Waals surface area contributed by atoms with Crippen molar-refractivity contribution >= 4 is 10.8 Å². The molecule has 0 spiro atoms. The van der Waals surface area contributed by atoms with E-state index in [1.165, 1.54) is 10.8 Å². The Bertz CT molecular complexity index is 616. The molecule has 1 unspecified atom stereocenters. The van der Waals surface area contributed by atoms with Gasteiger partial charge in [-0.1, -0.05) is 36.4 Å². The lowest BCUT2D eigenvalue weighted by Crippen LogP contribution is -2.49. The molecule has 1 heterocycles. The summed E-state index contributed by atoms with van der Waals surface area (Å²) in [5, 5.41) is 11.8. The zero-order chi connectivity index (χ0) is 16.1. The first kappa shape index (κ1) is 16.2. The van der Waals surface area contributed by atoms with E-state index in [1.807, 2.05) is 19.1 Å². The first-order valence-electron chi connectivity index (χ1n) is 8.46. The third kappa shape index (κ3) is 4.44. The summed E-state index contributed by atoms with van der Waals surface area (Å²) in [5.74, 6) is 0.968. The molecule has 1 atom stereocenters. The van der Waals surface area contributed by atoms with Gasteiger partial charge in [-0.05, 0) is 18.4 Å². The van der Waals surface area contributed by atoms with Gasteiger partial charge in [0.05, 0.1) is 6.10 Å². The first-order valence-corrected chi connectivity index (χ1v) is 8.46. The monoisotopic (exact) mass is 314 g/mol. The number of benzene rings is 2. The molecule has 1 N–H and O–H groups in total. The smallest absolute Gasteiger partial charge is 0.127 e. The third-order valence-corrected chi connectivity index (χ3v) is 4.40. The fraction of sp³-hybridized carbons (Fsp3) is 0.474. The summed E-state index contributed by atoms with van der Waals surface area (Å²) in [6, 6.07) is 14.5. The van der Waals surface area contributed by atoms with Crippen molar-refractivity contribution in [2.24, 2.45) is 0 Å². The van der Waals surface area contributed by atoms with E-state index in [0.717, 1.165) is 45.0 Å². The molecular formula is C19H26N2O2. The molecule has 4 heteroatoms. The molecule has 0 amide bonds. The fourth-order valence-corrected chi connectivity index (χ4v) is 3.18. The Morgan fingerprint density at radius 3 is 2.48 bits per heavy atom. The van der Waals surface area contributed by atoms with Crippen molar-refractivity contribution < 1.29 is 9.84 Å². The van der Waals surface area contributed by atoms with Crippen molar-refractivity contribution in [3.05, 3.63) is 42.5 Å². The van der Waals surface area contributed by atoms with E-state index in [0.29, 0.717) is 6.61 Å². The predicted molar refractivity (Wildman–Crippen MR) is 94.0 cm³/mol. The van der Waals surface area contributed by atoms with Gasteiger partial charge in [-0.3, -0.25) is 9.80 Å². The van der Waals surface area contributed by atoms with Crippen LogP contribution in [0.3, 0.4) is 0 Å². The van der Waals surface area contributed by atoms with Crippen LogP contribution in [-0.2, 0) is 0 Å². The molecule has 1 aliphatic heterocycles. The van der Waals surface area contributed by atoms with E-state index >= 15 is 0 Å². The van der Waals surface area contributed by atoms with Gasteiger partial charge in [0.2, 0.25) is 0 Å². The second kappa shape index (κ2) is 7.77. The summed E-state index contributed by atoms with van der Waals surface area (Å²) in [5.41, 5.74) is 0. The molecule has 1 fully saturated rings. The van der Waals surface area contributed by atoms with E-state index in [4.69, 9.17) is 4.74 Å². The van der Waals surface area contributed by atoms with E-state index in [1.54, 1.807) is 0 Å². The number of ether oxygens (including phenoxy) is 1. The van der Waals surface area contributed by atoms with Crippen LogP contribution < -0.4 is 4.74 Å². The number of nitrogens with zero attached hydrogens (tertiary/aromatic N) is 2. The lowest BCUT2D eigenvalue weighted by atomic mass is 10.1. The summed E-state index contributed by atoms with van der Waals surface area (Å²) in [7, 11) is 0. The summed E-state index contributed by atoms with van der Waals surface area (Å²) in [6.45, 7) is 8.44. The number of β-amino-alcohol motifs (C(OH)–C–C–N with tert-alkyl or cyclic N) is 1. The Kier molecular flexibility index (Phi) is 5.49. The van der Waals surface area contributed by atoms with E-state index in [2.05, 4.69) is 40.1 Å². The molecule has 3 rings (SSSR count). The molecule has 23 heavy (non-hydrogen) atoms. The average molecular weight is 314 g/mol. The number of piperazine rings is 1. The van der Waals surface area contributed by atoms with Gasteiger partial charge in [0.1, 0.15) is 12.4 Å². The lowest BCUT2D eigenvalue weighted by Gasteiger charge is -2.35. The number of hydrogen-bond donors (Lipinski definition) is 1. The highest BCUT2D eigenvalue weighted by molar-refractivity contribution is 5.88. The van der Waals surface area contributed by atoms with Crippen molar-refractivity contribution in [3.63, 3.8) is 0 Å². The van der Waals surface area contributed by atoms with Crippen molar-refractivity contribution in [1.29, 1.82) is 0 Å². The van der Waals surface area contributed by atoms with Crippen LogP contribution in [0.15, 0.2) is 42.5 Å². The minimum Gasteiger partial charge on any atom is -0.492 e. The maximum Gasteiger partial charge on any atom is 0.127 e. The number of rotatable bonds is 6. The Labute approximate surface area is 138 Å². The highest BCUT2D eigenvalue weighted by Gasteiger charge is 2.17. The molecule has 1 saturated heterocycles. The summed E-state index contributed by atoms with van der Waals surface area (Å²) in [4.78, 5) is 4.76.